The zero-order valence-corrected chi connectivity index (χ0v) is 21.2. The van der Waals surface area contributed by atoms with Crippen LogP contribution in [-0.4, -0.2) is 41.7 Å². The lowest BCUT2D eigenvalue weighted by Gasteiger charge is -2.29. The van der Waals surface area contributed by atoms with Gasteiger partial charge in [0.15, 0.2) is 0 Å². The smallest absolute Gasteiger partial charge is 0.242 e. The van der Waals surface area contributed by atoms with Gasteiger partial charge in [0, 0.05) is 18.3 Å². The first-order valence-corrected chi connectivity index (χ1v) is 12.4. The Morgan fingerprint density at radius 3 is 2.31 bits per heavy atom. The maximum absolute atomic E-state index is 13.1. The average molecular weight is 497 g/mol. The molecule has 2 aromatic rings. The van der Waals surface area contributed by atoms with E-state index in [1.54, 1.807) is 31.1 Å². The minimum absolute atomic E-state index is 0.0481. The molecule has 174 valence electrons. The van der Waals surface area contributed by atoms with Crippen LogP contribution >= 0.6 is 35.0 Å². The lowest BCUT2D eigenvalue weighted by atomic mass is 10.1. The third-order valence-corrected chi connectivity index (χ3v) is 6.89. The molecule has 0 aliphatic rings. The second-order valence-corrected chi connectivity index (χ2v) is 9.40. The Labute approximate surface area is 204 Å². The number of carbonyl (C=O) groups excluding carboxylic acids is 2. The molecule has 0 radical (unpaired) electrons. The van der Waals surface area contributed by atoms with Gasteiger partial charge >= 0.3 is 0 Å². The van der Waals surface area contributed by atoms with Crippen molar-refractivity contribution in [1.82, 2.24) is 10.2 Å². The molecule has 0 bridgehead atoms. The van der Waals surface area contributed by atoms with Gasteiger partial charge in [0.2, 0.25) is 11.8 Å². The molecule has 8 heteroatoms. The normalized spacial score (nSPS) is 12.7. The third kappa shape index (κ3) is 7.91. The summed E-state index contributed by atoms with van der Waals surface area (Å²) in [6.45, 7) is 6.07. The van der Waals surface area contributed by atoms with E-state index < -0.39 is 6.04 Å². The maximum atomic E-state index is 13.1. The van der Waals surface area contributed by atoms with Crippen LogP contribution < -0.4 is 10.1 Å². The van der Waals surface area contributed by atoms with Gasteiger partial charge in [-0.15, -0.1) is 11.8 Å². The van der Waals surface area contributed by atoms with Crippen LogP contribution in [0.2, 0.25) is 10.0 Å². The van der Waals surface area contributed by atoms with Crippen molar-refractivity contribution in [3.63, 3.8) is 0 Å². The SMILES string of the molecule is CCC(C)NC(=O)C(C)N(Cc1ccc(OC)cc1)C(=O)CSCc1ccc(Cl)c(Cl)c1. The van der Waals surface area contributed by atoms with E-state index in [4.69, 9.17) is 27.9 Å². The number of benzene rings is 2. The van der Waals surface area contributed by atoms with Crippen LogP contribution in [0.1, 0.15) is 38.3 Å². The molecule has 2 atom stereocenters. The Balaban J connectivity index is 2.09. The summed E-state index contributed by atoms with van der Waals surface area (Å²) in [6.07, 6.45) is 0.824. The Bertz CT molecular complexity index is 909. The molecule has 0 aromatic heterocycles. The number of amides is 2. The zero-order valence-electron chi connectivity index (χ0n) is 18.9. The van der Waals surface area contributed by atoms with E-state index in [2.05, 4.69) is 5.32 Å². The predicted molar refractivity (Wildman–Crippen MR) is 134 cm³/mol. The summed E-state index contributed by atoms with van der Waals surface area (Å²) in [7, 11) is 1.61. The number of carbonyl (C=O) groups is 2. The highest BCUT2D eigenvalue weighted by molar-refractivity contribution is 7.99. The summed E-state index contributed by atoms with van der Waals surface area (Å²) >= 11 is 13.5. The van der Waals surface area contributed by atoms with Crippen LogP contribution in [0.3, 0.4) is 0 Å². The second-order valence-electron chi connectivity index (χ2n) is 7.60. The number of nitrogens with zero attached hydrogens (tertiary/aromatic N) is 1. The molecule has 32 heavy (non-hydrogen) atoms. The van der Waals surface area contributed by atoms with E-state index in [1.807, 2.05) is 44.2 Å². The van der Waals surface area contributed by atoms with Gasteiger partial charge in [-0.25, -0.2) is 0 Å². The van der Waals surface area contributed by atoms with Crippen LogP contribution in [0.25, 0.3) is 0 Å². The minimum Gasteiger partial charge on any atom is -0.497 e. The van der Waals surface area contributed by atoms with Gasteiger partial charge in [-0.1, -0.05) is 48.3 Å². The topological polar surface area (TPSA) is 58.6 Å². The van der Waals surface area contributed by atoms with E-state index in [-0.39, 0.29) is 23.6 Å². The van der Waals surface area contributed by atoms with E-state index in [0.29, 0.717) is 22.3 Å². The molecular weight excluding hydrogens is 467 g/mol. The molecule has 0 saturated heterocycles. The zero-order chi connectivity index (χ0) is 23.7. The number of hydrogen-bond acceptors (Lipinski definition) is 4. The van der Waals surface area contributed by atoms with Crippen molar-refractivity contribution in [3.05, 3.63) is 63.6 Å². The summed E-state index contributed by atoms with van der Waals surface area (Å²) in [5.41, 5.74) is 1.92. The summed E-state index contributed by atoms with van der Waals surface area (Å²) in [5.74, 6) is 1.35. The van der Waals surface area contributed by atoms with Gasteiger partial charge in [-0.05, 0) is 55.7 Å². The first kappa shape index (κ1) is 26.4. The maximum Gasteiger partial charge on any atom is 0.242 e. The Morgan fingerprint density at radius 1 is 1.06 bits per heavy atom. The van der Waals surface area contributed by atoms with E-state index in [1.165, 1.54) is 11.8 Å². The molecule has 2 amide bonds. The number of methoxy groups -OCH3 is 1. The van der Waals surface area contributed by atoms with Gasteiger partial charge in [0.1, 0.15) is 11.8 Å². The van der Waals surface area contributed by atoms with Crippen LogP contribution in [0, 0.1) is 0 Å². The molecule has 0 heterocycles. The second kappa shape index (κ2) is 13.0. The van der Waals surface area contributed by atoms with Crippen molar-refractivity contribution in [2.24, 2.45) is 0 Å². The minimum atomic E-state index is -0.593. The number of nitrogens with one attached hydrogen (secondary N) is 1. The predicted octanol–water partition coefficient (Wildman–Crippen LogP) is 5.57. The van der Waals surface area contributed by atoms with E-state index >= 15 is 0 Å². The third-order valence-electron chi connectivity index (χ3n) is 5.16. The van der Waals surface area contributed by atoms with Gasteiger partial charge in [0.05, 0.1) is 22.9 Å². The van der Waals surface area contributed by atoms with Crippen molar-refractivity contribution in [2.75, 3.05) is 12.9 Å². The fourth-order valence-corrected chi connectivity index (χ4v) is 4.12. The molecule has 0 saturated carbocycles. The van der Waals surface area contributed by atoms with Crippen molar-refractivity contribution in [3.8, 4) is 5.75 Å². The number of ether oxygens (including phenoxy) is 1. The lowest BCUT2D eigenvalue weighted by Crippen LogP contribution is -2.50. The van der Waals surface area contributed by atoms with Crippen molar-refractivity contribution in [1.29, 1.82) is 0 Å². The summed E-state index contributed by atoms with van der Waals surface area (Å²) < 4.78 is 5.21. The highest BCUT2D eigenvalue weighted by Gasteiger charge is 2.26. The molecule has 5 nitrogen and oxygen atoms in total. The number of halogens is 2. The Hall–Kier alpha value is -1.89. The standard InChI is InChI=1S/C24H30Cl2N2O3S/c1-5-16(2)27-24(30)17(3)28(13-18-6-9-20(31-4)10-7-18)23(29)15-32-14-19-8-11-21(25)22(26)12-19/h6-12,16-17H,5,13-15H2,1-4H3,(H,27,30). The monoisotopic (exact) mass is 496 g/mol. The van der Waals surface area contributed by atoms with Crippen molar-refractivity contribution in [2.45, 2.75) is 51.6 Å². The van der Waals surface area contributed by atoms with Gasteiger partial charge in [-0.2, -0.15) is 0 Å². The fourth-order valence-electron chi connectivity index (χ4n) is 2.94. The molecule has 0 aliphatic carbocycles. The van der Waals surface area contributed by atoms with Gasteiger partial charge < -0.3 is 15.0 Å². The fraction of sp³-hybridized carbons (Fsp3) is 0.417. The van der Waals surface area contributed by atoms with Crippen LogP contribution in [0.15, 0.2) is 42.5 Å². The lowest BCUT2D eigenvalue weighted by molar-refractivity contribution is -0.138. The number of hydrogen-bond donors (Lipinski definition) is 1. The molecular formula is C24H30Cl2N2O3S. The Morgan fingerprint density at radius 2 is 1.72 bits per heavy atom. The van der Waals surface area contributed by atoms with Crippen molar-refractivity contribution >= 4 is 46.8 Å². The summed E-state index contributed by atoms with van der Waals surface area (Å²) in [5, 5.41) is 3.97. The van der Waals surface area contributed by atoms with Crippen LogP contribution in [-0.2, 0) is 21.9 Å². The first-order chi connectivity index (χ1) is 15.2. The average Bonchev–Trinajstić information content (AvgIpc) is 2.79. The first-order valence-electron chi connectivity index (χ1n) is 10.5. The highest BCUT2D eigenvalue weighted by Crippen LogP contribution is 2.25. The molecule has 0 fully saturated rings. The quantitative estimate of drug-likeness (QED) is 0.441. The van der Waals surface area contributed by atoms with Gasteiger partial charge in [0.25, 0.3) is 0 Å². The number of rotatable bonds is 11. The van der Waals surface area contributed by atoms with Crippen LogP contribution in [0.4, 0.5) is 0 Å². The molecule has 0 spiro atoms. The highest BCUT2D eigenvalue weighted by atomic mass is 35.5. The molecule has 1 N–H and O–H groups in total. The van der Waals surface area contributed by atoms with Crippen LogP contribution in [0.5, 0.6) is 5.75 Å². The summed E-state index contributed by atoms with van der Waals surface area (Å²) in [4.78, 5) is 27.5. The summed E-state index contributed by atoms with van der Waals surface area (Å²) in [6, 6.07) is 12.4. The molecule has 0 aliphatic heterocycles. The Kier molecular flexibility index (Phi) is 10.7. The van der Waals surface area contributed by atoms with Gasteiger partial charge in [-0.3, -0.25) is 9.59 Å². The van der Waals surface area contributed by atoms with E-state index in [0.717, 1.165) is 23.3 Å². The molecule has 2 aromatic carbocycles. The largest absolute Gasteiger partial charge is 0.497 e. The molecule has 2 unspecified atom stereocenters. The molecule has 2 rings (SSSR count). The van der Waals surface area contributed by atoms with E-state index in [9.17, 15) is 9.59 Å². The van der Waals surface area contributed by atoms with Crippen molar-refractivity contribution < 1.29 is 14.3 Å². The number of thioether (sulfide) groups is 1.